The zero-order valence-electron chi connectivity index (χ0n) is 10.9. The van der Waals surface area contributed by atoms with Crippen molar-refractivity contribution < 1.29 is 14.4 Å². The van der Waals surface area contributed by atoms with Gasteiger partial charge in [0.25, 0.3) is 5.91 Å². The minimum Gasteiger partial charge on any atom is -0.395 e. The maximum atomic E-state index is 11.9. The Bertz CT molecular complexity index is 668. The van der Waals surface area contributed by atoms with E-state index in [1.54, 1.807) is 25.1 Å². The Labute approximate surface area is 115 Å². The predicted molar refractivity (Wildman–Crippen MR) is 72.0 cm³/mol. The molecule has 0 aliphatic carbocycles. The monoisotopic (exact) mass is 271 g/mol. The number of carbonyl (C=O) groups is 1. The number of amides is 1. The molecule has 0 spiro atoms. The SMILES string of the molecule is Cc1oncc1C(=O)Nc1cccc(C#CCCO)n1. The molecular formula is C14H13N3O3. The van der Waals surface area contributed by atoms with Crippen molar-refractivity contribution in [2.75, 3.05) is 11.9 Å². The molecule has 0 unspecified atom stereocenters. The molecule has 1 amide bonds. The Morgan fingerprint density at radius 1 is 1.50 bits per heavy atom. The molecular weight excluding hydrogens is 258 g/mol. The van der Waals surface area contributed by atoms with Crippen molar-refractivity contribution in [3.05, 3.63) is 41.4 Å². The summed E-state index contributed by atoms with van der Waals surface area (Å²) in [5.74, 6) is 6.07. The van der Waals surface area contributed by atoms with E-state index in [9.17, 15) is 4.79 Å². The van der Waals surface area contributed by atoms with Gasteiger partial charge in [0, 0.05) is 6.42 Å². The topological polar surface area (TPSA) is 88.2 Å². The number of pyridine rings is 1. The average molecular weight is 271 g/mol. The molecule has 0 atom stereocenters. The van der Waals surface area contributed by atoms with Crippen LogP contribution in [0.25, 0.3) is 0 Å². The normalized spacial score (nSPS) is 9.70. The number of aromatic nitrogens is 2. The van der Waals surface area contributed by atoms with Gasteiger partial charge in [-0.25, -0.2) is 4.98 Å². The summed E-state index contributed by atoms with van der Waals surface area (Å²) in [7, 11) is 0. The van der Waals surface area contributed by atoms with Crippen LogP contribution in [0.2, 0.25) is 0 Å². The fourth-order valence-electron chi connectivity index (χ4n) is 1.48. The molecule has 2 aromatic rings. The Morgan fingerprint density at radius 2 is 2.35 bits per heavy atom. The van der Waals surface area contributed by atoms with E-state index in [0.717, 1.165) is 0 Å². The van der Waals surface area contributed by atoms with Gasteiger partial charge in [-0.15, -0.1) is 0 Å². The number of hydrogen-bond donors (Lipinski definition) is 2. The first kappa shape index (κ1) is 13.8. The van der Waals surface area contributed by atoms with Crippen LogP contribution in [0.5, 0.6) is 0 Å². The molecule has 6 nitrogen and oxygen atoms in total. The molecule has 0 aliphatic heterocycles. The van der Waals surface area contributed by atoms with E-state index in [0.29, 0.717) is 29.3 Å². The van der Waals surface area contributed by atoms with Crippen LogP contribution in [0.4, 0.5) is 5.82 Å². The molecule has 102 valence electrons. The van der Waals surface area contributed by atoms with Gasteiger partial charge >= 0.3 is 0 Å². The first-order valence-corrected chi connectivity index (χ1v) is 6.00. The number of aliphatic hydroxyl groups is 1. The van der Waals surface area contributed by atoms with Crippen LogP contribution < -0.4 is 5.32 Å². The molecule has 2 rings (SSSR count). The number of nitrogens with one attached hydrogen (secondary N) is 1. The number of aliphatic hydroxyl groups excluding tert-OH is 1. The van der Waals surface area contributed by atoms with E-state index < -0.39 is 0 Å². The Balaban J connectivity index is 2.11. The van der Waals surface area contributed by atoms with Gasteiger partial charge in [-0.3, -0.25) is 4.79 Å². The van der Waals surface area contributed by atoms with Crippen molar-refractivity contribution in [3.63, 3.8) is 0 Å². The highest BCUT2D eigenvalue weighted by atomic mass is 16.5. The maximum Gasteiger partial charge on any atom is 0.262 e. The number of aryl methyl sites for hydroxylation is 1. The standard InChI is InChI=1S/C14H13N3O3/c1-10-12(9-15-20-10)14(19)17-13-7-4-6-11(16-13)5-2-3-8-18/h4,6-7,9,18H,3,8H2,1H3,(H,16,17,19). The summed E-state index contributed by atoms with van der Waals surface area (Å²) in [6.45, 7) is 1.67. The minimum atomic E-state index is -0.336. The van der Waals surface area contributed by atoms with E-state index in [2.05, 4.69) is 27.3 Å². The second-order valence-corrected chi connectivity index (χ2v) is 3.93. The van der Waals surface area contributed by atoms with Crippen LogP contribution in [0.1, 0.15) is 28.2 Å². The lowest BCUT2D eigenvalue weighted by molar-refractivity contribution is 0.102. The van der Waals surface area contributed by atoms with Crippen LogP contribution in [-0.2, 0) is 0 Å². The number of rotatable bonds is 3. The van der Waals surface area contributed by atoms with Crippen LogP contribution in [0, 0.1) is 18.8 Å². The highest BCUT2D eigenvalue weighted by molar-refractivity contribution is 6.04. The zero-order chi connectivity index (χ0) is 14.4. The van der Waals surface area contributed by atoms with Gasteiger partial charge in [0.1, 0.15) is 22.8 Å². The van der Waals surface area contributed by atoms with E-state index in [1.807, 2.05) is 0 Å². The molecule has 2 N–H and O–H groups in total. The lowest BCUT2D eigenvalue weighted by Gasteiger charge is -2.03. The van der Waals surface area contributed by atoms with Crippen molar-refractivity contribution in [3.8, 4) is 11.8 Å². The third-order valence-electron chi connectivity index (χ3n) is 2.44. The van der Waals surface area contributed by atoms with E-state index in [4.69, 9.17) is 9.63 Å². The van der Waals surface area contributed by atoms with Crippen LogP contribution >= 0.6 is 0 Å². The molecule has 0 bridgehead atoms. The van der Waals surface area contributed by atoms with Gasteiger partial charge in [-0.1, -0.05) is 17.1 Å². The quantitative estimate of drug-likeness (QED) is 0.823. The molecule has 2 aromatic heterocycles. The first-order chi connectivity index (χ1) is 9.70. The second kappa shape index (κ2) is 6.50. The van der Waals surface area contributed by atoms with Crippen LogP contribution in [0.15, 0.2) is 28.9 Å². The maximum absolute atomic E-state index is 11.9. The zero-order valence-corrected chi connectivity index (χ0v) is 10.9. The van der Waals surface area contributed by atoms with E-state index in [-0.39, 0.29) is 12.5 Å². The summed E-state index contributed by atoms with van der Waals surface area (Å²) in [5, 5.41) is 14.9. The van der Waals surface area contributed by atoms with E-state index in [1.165, 1.54) is 6.20 Å². The minimum absolute atomic E-state index is 0.0101. The van der Waals surface area contributed by atoms with Crippen LogP contribution in [0.3, 0.4) is 0 Å². The van der Waals surface area contributed by atoms with Crippen molar-refractivity contribution >= 4 is 11.7 Å². The lowest BCUT2D eigenvalue weighted by atomic mass is 10.2. The molecule has 0 aromatic carbocycles. The van der Waals surface area contributed by atoms with Crippen molar-refractivity contribution in [2.45, 2.75) is 13.3 Å². The summed E-state index contributed by atoms with van der Waals surface area (Å²) in [5.41, 5.74) is 0.891. The van der Waals surface area contributed by atoms with Crippen molar-refractivity contribution in [2.24, 2.45) is 0 Å². The van der Waals surface area contributed by atoms with Gasteiger partial charge < -0.3 is 14.9 Å². The van der Waals surface area contributed by atoms with Crippen LogP contribution in [-0.4, -0.2) is 27.8 Å². The summed E-state index contributed by atoms with van der Waals surface area (Å²) in [4.78, 5) is 16.1. The van der Waals surface area contributed by atoms with Gasteiger partial charge in [-0.2, -0.15) is 0 Å². The largest absolute Gasteiger partial charge is 0.395 e. The molecule has 0 saturated heterocycles. The molecule has 0 fully saturated rings. The molecule has 20 heavy (non-hydrogen) atoms. The lowest BCUT2D eigenvalue weighted by Crippen LogP contribution is -2.13. The Morgan fingerprint density at radius 3 is 3.05 bits per heavy atom. The highest BCUT2D eigenvalue weighted by Gasteiger charge is 2.13. The number of hydrogen-bond acceptors (Lipinski definition) is 5. The molecule has 0 aliphatic rings. The van der Waals surface area contributed by atoms with Gasteiger partial charge in [-0.05, 0) is 25.0 Å². The smallest absolute Gasteiger partial charge is 0.262 e. The third-order valence-corrected chi connectivity index (χ3v) is 2.44. The summed E-state index contributed by atoms with van der Waals surface area (Å²) >= 11 is 0. The molecule has 2 heterocycles. The van der Waals surface area contributed by atoms with Crippen molar-refractivity contribution in [1.82, 2.24) is 10.1 Å². The Hall–Kier alpha value is -2.65. The van der Waals surface area contributed by atoms with Gasteiger partial charge in [0.15, 0.2) is 0 Å². The fourth-order valence-corrected chi connectivity index (χ4v) is 1.48. The highest BCUT2D eigenvalue weighted by Crippen LogP contribution is 2.10. The first-order valence-electron chi connectivity index (χ1n) is 6.00. The predicted octanol–water partition coefficient (Wildman–Crippen LogP) is 1.36. The second-order valence-electron chi connectivity index (χ2n) is 3.93. The molecule has 6 heteroatoms. The Kier molecular flexibility index (Phi) is 4.47. The van der Waals surface area contributed by atoms with Gasteiger partial charge in [0.2, 0.25) is 0 Å². The average Bonchev–Trinajstić information content (AvgIpc) is 2.86. The number of anilines is 1. The number of carbonyl (C=O) groups excluding carboxylic acids is 1. The summed E-state index contributed by atoms with van der Waals surface area (Å²) in [6.07, 6.45) is 1.74. The fraction of sp³-hybridized carbons (Fsp3) is 0.214. The molecule has 0 radical (unpaired) electrons. The summed E-state index contributed by atoms with van der Waals surface area (Å²) in [6, 6.07) is 5.13. The third kappa shape index (κ3) is 3.43. The summed E-state index contributed by atoms with van der Waals surface area (Å²) < 4.78 is 4.84. The van der Waals surface area contributed by atoms with E-state index >= 15 is 0 Å². The molecule has 0 saturated carbocycles. The number of nitrogens with zero attached hydrogens (tertiary/aromatic N) is 2. The van der Waals surface area contributed by atoms with Crippen molar-refractivity contribution in [1.29, 1.82) is 0 Å². The van der Waals surface area contributed by atoms with Gasteiger partial charge in [0.05, 0.1) is 12.8 Å².